The fraction of sp³-hybridized carbons (Fsp3) is 1.00. The van der Waals surface area contributed by atoms with Crippen molar-refractivity contribution in [1.29, 1.82) is 0 Å². The molecule has 2 nitrogen and oxygen atoms in total. The maximum Gasteiger partial charge on any atom is 0.0594 e. The molecule has 0 spiro atoms. The van der Waals surface area contributed by atoms with Crippen molar-refractivity contribution in [2.75, 3.05) is 7.11 Å². The van der Waals surface area contributed by atoms with Crippen LogP contribution in [-0.4, -0.2) is 18.4 Å². The van der Waals surface area contributed by atoms with Crippen LogP contribution in [0.25, 0.3) is 0 Å². The summed E-state index contributed by atoms with van der Waals surface area (Å²) in [5, 5.41) is 0.515. The molecule has 4 atom stereocenters. The van der Waals surface area contributed by atoms with Gasteiger partial charge in [0.2, 0.25) is 0 Å². The first kappa shape index (κ1) is 11.2. The van der Waals surface area contributed by atoms with Crippen LogP contribution in [0.4, 0.5) is 0 Å². The fourth-order valence-corrected chi connectivity index (χ4v) is 2.82. The van der Waals surface area contributed by atoms with Gasteiger partial charge in [-0.1, -0.05) is 20.8 Å². The van der Waals surface area contributed by atoms with E-state index in [-0.39, 0.29) is 11.0 Å². The summed E-state index contributed by atoms with van der Waals surface area (Å²) in [7, 11) is 1.58. The summed E-state index contributed by atoms with van der Waals surface area (Å²) in [5.41, 5.74) is 0. The van der Waals surface area contributed by atoms with Crippen molar-refractivity contribution in [3.63, 3.8) is 0 Å². The Hall–Kier alpha value is 0.110. The highest BCUT2D eigenvalue weighted by atomic mass is 32.2. The molecule has 0 aromatic heterocycles. The van der Waals surface area contributed by atoms with E-state index in [4.69, 9.17) is 8.55 Å². The van der Waals surface area contributed by atoms with Crippen molar-refractivity contribution in [3.8, 4) is 0 Å². The van der Waals surface area contributed by atoms with Gasteiger partial charge in [-0.05, 0) is 25.2 Å². The predicted molar refractivity (Wildman–Crippen MR) is 58.7 cm³/mol. The van der Waals surface area contributed by atoms with Crippen LogP contribution in [0.2, 0.25) is 0 Å². The van der Waals surface area contributed by atoms with Crippen LogP contribution < -0.4 is 0 Å². The van der Waals surface area contributed by atoms with Gasteiger partial charge in [-0.2, -0.15) is 0 Å². The average molecular weight is 203 g/mol. The molecule has 1 saturated carbocycles. The summed E-state index contributed by atoms with van der Waals surface area (Å²) in [4.78, 5) is 0. The van der Waals surface area contributed by atoms with Crippen LogP contribution in [0.1, 0.15) is 34.1 Å². The molecule has 0 aromatic carbocycles. The average Bonchev–Trinajstić information content (AvgIpc) is 2.77. The molecule has 0 radical (unpaired) electrons. The second-order valence-corrected chi connectivity index (χ2v) is 6.25. The Morgan fingerprint density at radius 3 is 2.23 bits per heavy atom. The van der Waals surface area contributed by atoms with Crippen LogP contribution in [0.15, 0.2) is 4.36 Å². The highest BCUT2D eigenvalue weighted by Crippen LogP contribution is 2.41. The lowest BCUT2D eigenvalue weighted by molar-refractivity contribution is 0.468. The molecular weight excluding hydrogens is 182 g/mol. The van der Waals surface area contributed by atoms with Crippen LogP contribution in [0.5, 0.6) is 0 Å². The van der Waals surface area contributed by atoms with Crippen molar-refractivity contribution >= 4 is 11.0 Å². The maximum atomic E-state index is 5.36. The molecule has 1 unspecified atom stereocenters. The molecule has 0 saturated heterocycles. The Balaban J connectivity index is 2.51. The van der Waals surface area contributed by atoms with E-state index in [1.54, 1.807) is 7.11 Å². The van der Waals surface area contributed by atoms with Gasteiger partial charge in [-0.3, -0.25) is 0 Å². The molecule has 0 N–H and O–H groups in total. The third kappa shape index (κ3) is 3.06. The first-order valence-corrected chi connectivity index (χ1v) is 6.21. The zero-order valence-corrected chi connectivity index (χ0v) is 10.1. The lowest BCUT2D eigenvalue weighted by Crippen LogP contribution is -2.12. The van der Waals surface area contributed by atoms with Crippen molar-refractivity contribution in [2.45, 2.75) is 45.4 Å². The number of hydrogen-bond donors (Lipinski definition) is 0. The van der Waals surface area contributed by atoms with E-state index in [1.165, 1.54) is 6.42 Å². The molecule has 0 amide bonds. The van der Waals surface area contributed by atoms with Crippen LogP contribution in [0, 0.1) is 11.8 Å². The van der Waals surface area contributed by atoms with E-state index in [0.717, 1.165) is 11.8 Å². The molecular formula is C10H21NOS. The van der Waals surface area contributed by atoms with Gasteiger partial charge in [0.25, 0.3) is 0 Å². The molecule has 0 heterocycles. The quantitative estimate of drug-likeness (QED) is 0.688. The second kappa shape index (κ2) is 4.56. The monoisotopic (exact) mass is 203 g/mol. The van der Waals surface area contributed by atoms with Gasteiger partial charge in [-0.25, -0.2) is 4.36 Å². The van der Waals surface area contributed by atoms with Gasteiger partial charge in [-0.15, -0.1) is 0 Å². The highest BCUT2D eigenvalue weighted by Gasteiger charge is 2.37. The third-order valence-corrected chi connectivity index (χ3v) is 4.32. The summed E-state index contributed by atoms with van der Waals surface area (Å²) in [6.07, 6.45) is 1.35. The molecule has 0 aromatic rings. The predicted octanol–water partition coefficient (Wildman–Crippen LogP) is 2.80. The smallest absolute Gasteiger partial charge is 0.0594 e. The SMILES string of the molecule is COS(=N[C@@H](C)[C@H]1C[C@@H]1C)C(C)C. The molecule has 3 heteroatoms. The van der Waals surface area contributed by atoms with E-state index < -0.39 is 0 Å². The minimum Gasteiger partial charge on any atom is -0.309 e. The summed E-state index contributed by atoms with van der Waals surface area (Å²) >= 11 is 0. The van der Waals surface area contributed by atoms with Gasteiger partial charge in [0.05, 0.1) is 13.2 Å². The molecule has 1 fully saturated rings. The minimum atomic E-state index is -0.184. The Morgan fingerprint density at radius 2 is 1.92 bits per heavy atom. The van der Waals surface area contributed by atoms with Crippen molar-refractivity contribution in [1.82, 2.24) is 0 Å². The summed E-state index contributed by atoms with van der Waals surface area (Å²) in [6.45, 7) is 8.85. The molecule has 78 valence electrons. The Morgan fingerprint density at radius 1 is 1.38 bits per heavy atom. The lowest BCUT2D eigenvalue weighted by Gasteiger charge is -2.12. The standard InChI is InChI=1S/C10H21NOS/c1-7(2)13(12-5)11-9(4)10-6-8(10)3/h7-10H,6H2,1-5H3/t8-,9-,10-,13?/m0/s1. The number of rotatable bonds is 4. The van der Waals surface area contributed by atoms with E-state index >= 15 is 0 Å². The zero-order valence-electron chi connectivity index (χ0n) is 9.28. The van der Waals surface area contributed by atoms with E-state index in [1.807, 2.05) is 0 Å². The molecule has 13 heavy (non-hydrogen) atoms. The first-order valence-electron chi connectivity index (χ1n) is 5.04. The largest absolute Gasteiger partial charge is 0.309 e. The molecule has 1 rings (SSSR count). The van der Waals surface area contributed by atoms with Gasteiger partial charge < -0.3 is 4.18 Å². The summed E-state index contributed by atoms with van der Waals surface area (Å²) in [6, 6.07) is 0.487. The van der Waals surface area contributed by atoms with Crippen LogP contribution >= 0.6 is 0 Å². The Kier molecular flexibility index (Phi) is 3.92. The van der Waals surface area contributed by atoms with Gasteiger partial charge in [0, 0.05) is 16.2 Å². The molecule has 1 aliphatic rings. The molecule has 0 aliphatic heterocycles. The van der Waals surface area contributed by atoms with E-state index in [0.29, 0.717) is 11.3 Å². The zero-order chi connectivity index (χ0) is 10.0. The minimum absolute atomic E-state index is 0.184. The summed E-state index contributed by atoms with van der Waals surface area (Å²) < 4.78 is 10.1. The Bertz CT molecular complexity index is 203. The van der Waals surface area contributed by atoms with Crippen molar-refractivity contribution in [3.05, 3.63) is 0 Å². The third-order valence-electron chi connectivity index (χ3n) is 2.64. The lowest BCUT2D eigenvalue weighted by atomic mass is 10.2. The highest BCUT2D eigenvalue weighted by molar-refractivity contribution is 7.83. The topological polar surface area (TPSA) is 21.6 Å². The second-order valence-electron chi connectivity index (χ2n) is 4.21. The number of nitrogens with zero attached hydrogens (tertiary/aromatic N) is 1. The van der Waals surface area contributed by atoms with Crippen molar-refractivity contribution in [2.24, 2.45) is 16.2 Å². The van der Waals surface area contributed by atoms with E-state index in [2.05, 4.69) is 27.7 Å². The van der Waals surface area contributed by atoms with Crippen LogP contribution in [-0.2, 0) is 15.2 Å². The Labute approximate surface area is 84.4 Å². The van der Waals surface area contributed by atoms with Gasteiger partial charge in [0.15, 0.2) is 0 Å². The van der Waals surface area contributed by atoms with Crippen LogP contribution in [0.3, 0.4) is 0 Å². The van der Waals surface area contributed by atoms with Gasteiger partial charge in [0.1, 0.15) is 0 Å². The van der Waals surface area contributed by atoms with E-state index in [9.17, 15) is 0 Å². The van der Waals surface area contributed by atoms with Gasteiger partial charge >= 0.3 is 0 Å². The molecule has 0 bridgehead atoms. The fourth-order valence-electron chi connectivity index (χ4n) is 1.62. The number of hydrogen-bond acceptors (Lipinski definition) is 2. The van der Waals surface area contributed by atoms with Crippen molar-refractivity contribution < 1.29 is 4.18 Å². The summed E-state index contributed by atoms with van der Waals surface area (Å²) in [5.74, 6) is 1.71. The molecule has 1 aliphatic carbocycles. The first-order chi connectivity index (χ1) is 6.06. The normalized spacial score (nSPS) is 32.2. The maximum absolute atomic E-state index is 5.36.